The van der Waals surface area contributed by atoms with E-state index in [1.807, 2.05) is 13.0 Å². The molecule has 2 aromatic carbocycles. The van der Waals surface area contributed by atoms with Crippen molar-refractivity contribution in [2.75, 3.05) is 17.2 Å². The van der Waals surface area contributed by atoms with E-state index in [0.717, 1.165) is 5.56 Å². The minimum atomic E-state index is -0.271. The number of rotatable bonds is 7. The molecule has 1 aromatic heterocycles. The number of ether oxygens (including phenoxy) is 1. The third-order valence-electron chi connectivity index (χ3n) is 4.34. The van der Waals surface area contributed by atoms with Gasteiger partial charge in [0.2, 0.25) is 0 Å². The zero-order valence-electron chi connectivity index (χ0n) is 17.3. The summed E-state index contributed by atoms with van der Waals surface area (Å²) in [6.45, 7) is 6.56. The van der Waals surface area contributed by atoms with Crippen LogP contribution in [0.25, 0.3) is 0 Å². The maximum Gasteiger partial charge on any atom is 0.256 e. The van der Waals surface area contributed by atoms with E-state index < -0.39 is 0 Å². The molecule has 1 heterocycles. The fraction of sp³-hybridized carbons (Fsp3) is 0.208. The van der Waals surface area contributed by atoms with Gasteiger partial charge in [0.25, 0.3) is 11.8 Å². The highest BCUT2D eigenvalue weighted by atomic mass is 16.5. The quantitative estimate of drug-likeness (QED) is 0.586. The number of pyridine rings is 1. The van der Waals surface area contributed by atoms with Gasteiger partial charge in [0.1, 0.15) is 5.75 Å². The second kappa shape index (κ2) is 9.69. The van der Waals surface area contributed by atoms with E-state index in [1.165, 1.54) is 0 Å². The number of hydrogen-bond donors (Lipinski definition) is 2. The highest BCUT2D eigenvalue weighted by Gasteiger charge is 2.13. The number of carbonyl (C=O) groups excluding carboxylic acids is 2. The molecule has 0 radical (unpaired) electrons. The summed E-state index contributed by atoms with van der Waals surface area (Å²) in [5, 5.41) is 5.66. The second-order valence-electron chi connectivity index (χ2n) is 7.41. The van der Waals surface area contributed by atoms with Crippen LogP contribution in [0.2, 0.25) is 0 Å². The summed E-state index contributed by atoms with van der Waals surface area (Å²) in [7, 11) is 0. The molecule has 0 saturated heterocycles. The smallest absolute Gasteiger partial charge is 0.256 e. The van der Waals surface area contributed by atoms with E-state index >= 15 is 0 Å². The lowest BCUT2D eigenvalue weighted by atomic mass is 10.1. The van der Waals surface area contributed by atoms with Crippen LogP contribution in [0, 0.1) is 12.8 Å². The van der Waals surface area contributed by atoms with Crippen molar-refractivity contribution in [3.05, 3.63) is 83.7 Å². The van der Waals surface area contributed by atoms with Gasteiger partial charge in [-0.1, -0.05) is 26.0 Å². The monoisotopic (exact) mass is 403 g/mol. The van der Waals surface area contributed by atoms with Crippen LogP contribution in [-0.2, 0) is 0 Å². The summed E-state index contributed by atoms with van der Waals surface area (Å²) < 4.78 is 5.69. The van der Waals surface area contributed by atoms with Gasteiger partial charge < -0.3 is 15.4 Å². The summed E-state index contributed by atoms with van der Waals surface area (Å²) in [6, 6.07) is 15.8. The van der Waals surface area contributed by atoms with Crippen LogP contribution in [0.3, 0.4) is 0 Å². The third-order valence-corrected chi connectivity index (χ3v) is 4.34. The molecule has 0 aliphatic heterocycles. The van der Waals surface area contributed by atoms with Crippen LogP contribution in [0.15, 0.2) is 67.0 Å². The Kier molecular flexibility index (Phi) is 6.80. The molecule has 30 heavy (non-hydrogen) atoms. The molecule has 0 bridgehead atoms. The Morgan fingerprint density at radius 3 is 2.50 bits per heavy atom. The minimum Gasteiger partial charge on any atom is -0.493 e. The summed E-state index contributed by atoms with van der Waals surface area (Å²) >= 11 is 0. The average Bonchev–Trinajstić information content (AvgIpc) is 2.74. The van der Waals surface area contributed by atoms with Crippen molar-refractivity contribution < 1.29 is 14.3 Å². The first kappa shape index (κ1) is 21.0. The predicted octanol–water partition coefficient (Wildman–Crippen LogP) is 4.93. The molecule has 6 nitrogen and oxygen atoms in total. The van der Waals surface area contributed by atoms with Crippen molar-refractivity contribution >= 4 is 23.2 Å². The highest BCUT2D eigenvalue weighted by molar-refractivity contribution is 6.08. The van der Waals surface area contributed by atoms with Gasteiger partial charge in [-0.2, -0.15) is 0 Å². The van der Waals surface area contributed by atoms with Gasteiger partial charge in [0.05, 0.1) is 18.5 Å². The van der Waals surface area contributed by atoms with Crippen LogP contribution in [0.5, 0.6) is 5.75 Å². The molecule has 3 aromatic rings. The summed E-state index contributed by atoms with van der Waals surface area (Å²) in [6.07, 6.45) is 3.22. The normalized spacial score (nSPS) is 10.5. The number of aromatic nitrogens is 1. The van der Waals surface area contributed by atoms with Gasteiger partial charge in [-0.3, -0.25) is 14.6 Å². The molecule has 0 atom stereocenters. The molecule has 2 amide bonds. The lowest BCUT2D eigenvalue weighted by Crippen LogP contribution is -2.16. The molecule has 0 fully saturated rings. The van der Waals surface area contributed by atoms with E-state index in [-0.39, 0.29) is 11.8 Å². The molecule has 6 heteroatoms. The zero-order valence-corrected chi connectivity index (χ0v) is 17.3. The zero-order chi connectivity index (χ0) is 21.5. The SMILES string of the molecule is Cc1ccc(NC(=O)c2cccc(OCC(C)C)c2)cc1C(=O)Nc1cccnc1. The number of nitrogens with one attached hydrogen (secondary N) is 2. The van der Waals surface area contributed by atoms with E-state index in [4.69, 9.17) is 4.74 Å². The summed E-state index contributed by atoms with van der Waals surface area (Å²) in [5.41, 5.74) is 2.91. The Hall–Kier alpha value is -3.67. The van der Waals surface area contributed by atoms with Crippen LogP contribution >= 0.6 is 0 Å². The summed E-state index contributed by atoms with van der Waals surface area (Å²) in [5.74, 6) is 0.510. The highest BCUT2D eigenvalue weighted by Crippen LogP contribution is 2.20. The second-order valence-corrected chi connectivity index (χ2v) is 7.41. The van der Waals surface area contributed by atoms with Crippen LogP contribution in [0.4, 0.5) is 11.4 Å². The Labute approximate surface area is 176 Å². The fourth-order valence-electron chi connectivity index (χ4n) is 2.77. The average molecular weight is 403 g/mol. The molecule has 2 N–H and O–H groups in total. The molecular weight excluding hydrogens is 378 g/mol. The lowest BCUT2D eigenvalue weighted by molar-refractivity contribution is 0.101. The summed E-state index contributed by atoms with van der Waals surface area (Å²) in [4.78, 5) is 29.3. The Morgan fingerprint density at radius 2 is 1.77 bits per heavy atom. The van der Waals surface area contributed by atoms with Crippen molar-refractivity contribution in [2.24, 2.45) is 5.92 Å². The fourth-order valence-corrected chi connectivity index (χ4v) is 2.77. The van der Waals surface area contributed by atoms with Gasteiger partial charge in [-0.15, -0.1) is 0 Å². The van der Waals surface area contributed by atoms with Crippen molar-refractivity contribution in [1.29, 1.82) is 0 Å². The molecule has 0 aliphatic carbocycles. The lowest BCUT2D eigenvalue weighted by Gasteiger charge is -2.12. The molecule has 0 aliphatic rings. The van der Waals surface area contributed by atoms with E-state index in [2.05, 4.69) is 29.5 Å². The minimum absolute atomic E-state index is 0.263. The van der Waals surface area contributed by atoms with Gasteiger partial charge in [-0.05, 0) is 60.9 Å². The van der Waals surface area contributed by atoms with Crippen LogP contribution in [0.1, 0.15) is 40.1 Å². The number of amides is 2. The van der Waals surface area contributed by atoms with Crippen molar-refractivity contribution in [1.82, 2.24) is 4.98 Å². The van der Waals surface area contributed by atoms with E-state index in [1.54, 1.807) is 60.9 Å². The van der Waals surface area contributed by atoms with Crippen molar-refractivity contribution in [3.63, 3.8) is 0 Å². The van der Waals surface area contributed by atoms with E-state index in [0.29, 0.717) is 40.8 Å². The number of nitrogens with zero attached hydrogens (tertiary/aromatic N) is 1. The Balaban J connectivity index is 1.72. The van der Waals surface area contributed by atoms with Gasteiger partial charge in [0, 0.05) is 23.0 Å². The molecular formula is C24H25N3O3. The maximum absolute atomic E-state index is 12.7. The van der Waals surface area contributed by atoms with Gasteiger partial charge in [-0.25, -0.2) is 0 Å². The number of anilines is 2. The number of aryl methyl sites for hydroxylation is 1. The molecule has 0 unspecified atom stereocenters. The topological polar surface area (TPSA) is 80.3 Å². The van der Waals surface area contributed by atoms with Crippen LogP contribution < -0.4 is 15.4 Å². The van der Waals surface area contributed by atoms with Crippen molar-refractivity contribution in [3.8, 4) is 5.75 Å². The van der Waals surface area contributed by atoms with E-state index in [9.17, 15) is 9.59 Å². The Bertz CT molecular complexity index is 1030. The molecule has 154 valence electrons. The standard InChI is InChI=1S/C24H25N3O3/c1-16(2)15-30-21-8-4-6-18(12-21)23(28)26-19-10-9-17(3)22(13-19)24(29)27-20-7-5-11-25-14-20/h4-14,16H,15H2,1-3H3,(H,26,28)(H,27,29). The third kappa shape index (κ3) is 5.67. The van der Waals surface area contributed by atoms with Crippen LogP contribution in [-0.4, -0.2) is 23.4 Å². The first-order chi connectivity index (χ1) is 14.4. The first-order valence-electron chi connectivity index (χ1n) is 9.78. The Morgan fingerprint density at radius 1 is 0.967 bits per heavy atom. The molecule has 0 saturated carbocycles. The van der Waals surface area contributed by atoms with Gasteiger partial charge >= 0.3 is 0 Å². The number of benzene rings is 2. The number of hydrogen-bond acceptors (Lipinski definition) is 4. The van der Waals surface area contributed by atoms with Crippen molar-refractivity contribution in [2.45, 2.75) is 20.8 Å². The largest absolute Gasteiger partial charge is 0.493 e. The van der Waals surface area contributed by atoms with Gasteiger partial charge in [0.15, 0.2) is 0 Å². The first-order valence-corrected chi connectivity index (χ1v) is 9.78. The molecule has 0 spiro atoms. The predicted molar refractivity (Wildman–Crippen MR) is 118 cm³/mol. The number of carbonyl (C=O) groups is 2. The molecule has 3 rings (SSSR count). The maximum atomic E-state index is 12.7.